The molecule has 1 saturated carbocycles. The molecule has 0 aromatic heterocycles. The van der Waals surface area contributed by atoms with Crippen molar-refractivity contribution in [3.05, 3.63) is 29.6 Å². The lowest BCUT2D eigenvalue weighted by Crippen LogP contribution is -2.20. The van der Waals surface area contributed by atoms with Gasteiger partial charge in [-0.15, -0.1) is 0 Å². The molecule has 1 aliphatic carbocycles. The van der Waals surface area contributed by atoms with Gasteiger partial charge in [-0.25, -0.2) is 4.39 Å². The van der Waals surface area contributed by atoms with Crippen LogP contribution in [-0.2, 0) is 0 Å². The zero-order valence-electron chi connectivity index (χ0n) is 9.63. The Morgan fingerprint density at radius 1 is 1.59 bits per heavy atom. The van der Waals surface area contributed by atoms with E-state index in [-0.39, 0.29) is 10.8 Å². The summed E-state index contributed by atoms with van der Waals surface area (Å²) < 4.78 is 13.5. The molecular formula is C12H15FN2S2. The predicted molar refractivity (Wildman–Crippen MR) is 76.3 cm³/mol. The van der Waals surface area contributed by atoms with Gasteiger partial charge in [0.2, 0.25) is 0 Å². The summed E-state index contributed by atoms with van der Waals surface area (Å²) in [7, 11) is 0. The number of anilines is 1. The van der Waals surface area contributed by atoms with Crippen molar-refractivity contribution in [3.63, 3.8) is 0 Å². The molecule has 0 amide bonds. The lowest BCUT2D eigenvalue weighted by molar-refractivity contribution is 0.627. The van der Waals surface area contributed by atoms with Crippen LogP contribution in [0.3, 0.4) is 0 Å². The molecule has 0 heterocycles. The van der Waals surface area contributed by atoms with Crippen LogP contribution in [0.5, 0.6) is 0 Å². The van der Waals surface area contributed by atoms with Crippen LogP contribution in [0.2, 0.25) is 0 Å². The molecular weight excluding hydrogens is 255 g/mol. The van der Waals surface area contributed by atoms with Crippen molar-refractivity contribution in [1.29, 1.82) is 0 Å². The molecule has 0 radical (unpaired) electrons. The third-order valence-electron chi connectivity index (χ3n) is 3.09. The summed E-state index contributed by atoms with van der Waals surface area (Å²) >= 11 is 6.80. The normalized spacial score (nSPS) is 16.6. The Labute approximate surface area is 110 Å². The van der Waals surface area contributed by atoms with Crippen molar-refractivity contribution >= 4 is 34.7 Å². The number of hydrogen-bond acceptors (Lipinski definition) is 3. The highest BCUT2D eigenvalue weighted by atomic mass is 32.2. The molecule has 92 valence electrons. The van der Waals surface area contributed by atoms with E-state index in [1.807, 2.05) is 11.8 Å². The number of nitrogens with one attached hydrogen (secondary N) is 1. The maximum absolute atomic E-state index is 13.1. The highest BCUT2D eigenvalue weighted by molar-refractivity contribution is 8.00. The Bertz CT molecular complexity index is 444. The number of benzene rings is 1. The number of nitrogens with two attached hydrogens (primary N) is 1. The Hall–Kier alpha value is -0.810. The second kappa shape index (κ2) is 4.82. The number of thioether (sulfide) groups is 1. The third-order valence-corrected chi connectivity index (χ3v) is 4.73. The Morgan fingerprint density at radius 2 is 2.29 bits per heavy atom. The molecule has 5 heteroatoms. The van der Waals surface area contributed by atoms with Crippen LogP contribution in [0.25, 0.3) is 0 Å². The van der Waals surface area contributed by atoms with E-state index in [1.54, 1.807) is 6.07 Å². The zero-order chi connectivity index (χ0) is 12.5. The average Bonchev–Trinajstić information content (AvgIpc) is 3.08. The fraction of sp³-hybridized carbons (Fsp3) is 0.417. The summed E-state index contributed by atoms with van der Waals surface area (Å²) in [4.78, 5) is 0.223. The van der Waals surface area contributed by atoms with Gasteiger partial charge in [0.1, 0.15) is 10.8 Å². The van der Waals surface area contributed by atoms with Crippen LogP contribution in [-0.4, -0.2) is 22.5 Å². The summed E-state index contributed by atoms with van der Waals surface area (Å²) in [5.41, 5.74) is 6.99. The van der Waals surface area contributed by atoms with E-state index in [0.717, 1.165) is 12.2 Å². The van der Waals surface area contributed by atoms with E-state index in [4.69, 9.17) is 18.0 Å². The molecule has 2 rings (SSSR count). The van der Waals surface area contributed by atoms with Crippen molar-refractivity contribution < 1.29 is 4.39 Å². The van der Waals surface area contributed by atoms with Gasteiger partial charge >= 0.3 is 0 Å². The summed E-state index contributed by atoms with van der Waals surface area (Å²) in [6.07, 6.45) is 4.57. The maximum Gasteiger partial charge on any atom is 0.124 e. The molecule has 1 aromatic carbocycles. The molecule has 0 saturated heterocycles. The van der Waals surface area contributed by atoms with Gasteiger partial charge in [-0.2, -0.15) is 11.8 Å². The van der Waals surface area contributed by atoms with Crippen LogP contribution < -0.4 is 11.1 Å². The fourth-order valence-electron chi connectivity index (χ4n) is 1.72. The number of rotatable bonds is 5. The Balaban J connectivity index is 2.12. The van der Waals surface area contributed by atoms with Gasteiger partial charge in [0, 0.05) is 22.5 Å². The van der Waals surface area contributed by atoms with Gasteiger partial charge < -0.3 is 11.1 Å². The molecule has 1 aliphatic rings. The largest absolute Gasteiger partial charge is 0.389 e. The van der Waals surface area contributed by atoms with E-state index in [1.165, 1.54) is 25.0 Å². The van der Waals surface area contributed by atoms with Crippen molar-refractivity contribution in [1.82, 2.24) is 0 Å². The first kappa shape index (κ1) is 12.6. The molecule has 0 spiro atoms. The van der Waals surface area contributed by atoms with Gasteiger partial charge in [0.25, 0.3) is 0 Å². The quantitative estimate of drug-likeness (QED) is 0.807. The van der Waals surface area contributed by atoms with Crippen molar-refractivity contribution in [2.45, 2.75) is 17.6 Å². The molecule has 0 aliphatic heterocycles. The smallest absolute Gasteiger partial charge is 0.124 e. The molecule has 1 fully saturated rings. The molecule has 0 atom stereocenters. The van der Waals surface area contributed by atoms with Crippen LogP contribution in [0, 0.1) is 5.82 Å². The molecule has 0 bridgehead atoms. The lowest BCUT2D eigenvalue weighted by atomic mass is 10.1. The monoisotopic (exact) mass is 270 g/mol. The van der Waals surface area contributed by atoms with Gasteiger partial charge in [-0.3, -0.25) is 0 Å². The topological polar surface area (TPSA) is 38.0 Å². The maximum atomic E-state index is 13.1. The highest BCUT2D eigenvalue weighted by Gasteiger charge is 2.41. The molecule has 3 N–H and O–H groups in total. The van der Waals surface area contributed by atoms with Crippen molar-refractivity contribution in [2.75, 3.05) is 18.1 Å². The average molecular weight is 270 g/mol. The van der Waals surface area contributed by atoms with Gasteiger partial charge in [-0.1, -0.05) is 12.2 Å². The van der Waals surface area contributed by atoms with E-state index >= 15 is 0 Å². The second-order valence-corrected chi connectivity index (χ2v) is 6.01. The first-order valence-electron chi connectivity index (χ1n) is 5.45. The minimum atomic E-state index is -0.315. The molecule has 17 heavy (non-hydrogen) atoms. The Morgan fingerprint density at radius 3 is 2.82 bits per heavy atom. The van der Waals surface area contributed by atoms with E-state index in [9.17, 15) is 4.39 Å². The van der Waals surface area contributed by atoms with Gasteiger partial charge in [0.15, 0.2) is 0 Å². The first-order chi connectivity index (χ1) is 8.06. The molecule has 2 nitrogen and oxygen atoms in total. The summed E-state index contributed by atoms with van der Waals surface area (Å²) in [5, 5.41) is 3.32. The Kier molecular flexibility index (Phi) is 3.58. The standard InChI is InChI=1S/C12H15FN2S2/c1-17-12(4-5-12)7-15-10-3-2-8(13)6-9(10)11(14)16/h2-3,6,15H,4-5,7H2,1H3,(H2,14,16). The second-order valence-electron chi connectivity index (χ2n) is 4.29. The molecule has 0 unspecified atom stereocenters. The predicted octanol–water partition coefficient (Wildman–Crippen LogP) is 2.77. The van der Waals surface area contributed by atoms with Crippen molar-refractivity contribution in [2.24, 2.45) is 5.73 Å². The van der Waals surface area contributed by atoms with Crippen LogP contribution in [0.4, 0.5) is 10.1 Å². The zero-order valence-corrected chi connectivity index (χ0v) is 11.3. The molecule has 1 aromatic rings. The number of hydrogen-bond donors (Lipinski definition) is 2. The SMILES string of the molecule is CSC1(CNc2ccc(F)cc2C(N)=S)CC1. The van der Waals surface area contributed by atoms with Crippen LogP contribution >= 0.6 is 24.0 Å². The van der Waals surface area contributed by atoms with E-state index < -0.39 is 0 Å². The fourth-order valence-corrected chi connectivity index (χ4v) is 2.62. The number of thiocarbonyl (C=S) groups is 1. The van der Waals surface area contributed by atoms with Gasteiger partial charge in [0.05, 0.1) is 0 Å². The van der Waals surface area contributed by atoms with Gasteiger partial charge in [-0.05, 0) is 37.3 Å². The van der Waals surface area contributed by atoms with Crippen LogP contribution in [0.1, 0.15) is 18.4 Å². The van der Waals surface area contributed by atoms with Crippen molar-refractivity contribution in [3.8, 4) is 0 Å². The van der Waals surface area contributed by atoms with Crippen LogP contribution in [0.15, 0.2) is 18.2 Å². The highest BCUT2D eigenvalue weighted by Crippen LogP contribution is 2.47. The number of halogens is 1. The lowest BCUT2D eigenvalue weighted by Gasteiger charge is -2.16. The summed E-state index contributed by atoms with van der Waals surface area (Å²) in [6, 6.07) is 4.49. The first-order valence-corrected chi connectivity index (χ1v) is 7.08. The van der Waals surface area contributed by atoms with E-state index in [2.05, 4.69) is 11.6 Å². The summed E-state index contributed by atoms with van der Waals surface area (Å²) in [6.45, 7) is 0.870. The minimum absolute atomic E-state index is 0.223. The summed E-state index contributed by atoms with van der Waals surface area (Å²) in [5.74, 6) is -0.315. The van der Waals surface area contributed by atoms with E-state index in [0.29, 0.717) is 10.3 Å². The minimum Gasteiger partial charge on any atom is -0.389 e. The third kappa shape index (κ3) is 2.90.